The Bertz CT molecular complexity index is 852. The summed E-state index contributed by atoms with van der Waals surface area (Å²) in [6.45, 7) is 3.34. The monoisotopic (exact) mass is 500 g/mol. The summed E-state index contributed by atoms with van der Waals surface area (Å²) < 4.78 is 48.8. The standard InChI is InChI=1S/C26H35F3O6/c1-17(2)35-25(33)11-6-4-3-5-10-21-22(24(32)15-23(21)31)13-12-19(30)16-34-20-9-7-8-18(14-20)26(27,28)29/h3,5,7-9,12-14,17,19,21-24,30-32H,4,6,10-11,15-16H2,1-2H3/t19?,21-,22-,23?,24?/m1/s1. The van der Waals surface area contributed by atoms with Crippen molar-refractivity contribution in [1.29, 1.82) is 0 Å². The lowest BCUT2D eigenvalue weighted by Gasteiger charge is -2.19. The number of alkyl halides is 3. The van der Waals surface area contributed by atoms with Crippen LogP contribution < -0.4 is 4.74 Å². The third-order valence-electron chi connectivity index (χ3n) is 5.75. The highest BCUT2D eigenvalue weighted by Crippen LogP contribution is 2.36. The predicted molar refractivity (Wildman–Crippen MR) is 125 cm³/mol. The number of aliphatic hydroxyl groups excluding tert-OH is 3. The van der Waals surface area contributed by atoms with Crippen molar-refractivity contribution in [2.24, 2.45) is 11.8 Å². The molecule has 1 fully saturated rings. The number of carbonyl (C=O) groups excluding carboxylic acids is 1. The van der Waals surface area contributed by atoms with Crippen LogP contribution in [-0.4, -0.2) is 52.3 Å². The van der Waals surface area contributed by atoms with Crippen molar-refractivity contribution in [2.75, 3.05) is 6.61 Å². The number of benzene rings is 1. The second-order valence-corrected chi connectivity index (χ2v) is 9.04. The quantitative estimate of drug-likeness (QED) is 0.223. The number of hydrogen-bond donors (Lipinski definition) is 3. The fraction of sp³-hybridized carbons (Fsp3) is 0.577. The first-order chi connectivity index (χ1) is 16.5. The summed E-state index contributed by atoms with van der Waals surface area (Å²) in [5.41, 5.74) is -0.838. The molecule has 3 N–H and O–H groups in total. The van der Waals surface area contributed by atoms with Crippen LogP contribution in [0.3, 0.4) is 0 Å². The van der Waals surface area contributed by atoms with Gasteiger partial charge >= 0.3 is 12.1 Å². The lowest BCUT2D eigenvalue weighted by Crippen LogP contribution is -2.21. The summed E-state index contributed by atoms with van der Waals surface area (Å²) in [6, 6.07) is 4.40. The Kier molecular flexibility index (Phi) is 11.3. The molecule has 0 amide bonds. The minimum atomic E-state index is -4.49. The van der Waals surface area contributed by atoms with E-state index in [1.165, 1.54) is 18.2 Å². The van der Waals surface area contributed by atoms with Crippen LogP contribution in [0, 0.1) is 11.8 Å². The van der Waals surface area contributed by atoms with Crippen LogP contribution in [0.25, 0.3) is 0 Å². The molecule has 1 aliphatic carbocycles. The molecule has 0 aliphatic heterocycles. The largest absolute Gasteiger partial charge is 0.491 e. The van der Waals surface area contributed by atoms with E-state index < -0.39 is 30.1 Å². The van der Waals surface area contributed by atoms with Gasteiger partial charge in [-0.15, -0.1) is 0 Å². The van der Waals surface area contributed by atoms with Crippen LogP contribution in [0.1, 0.15) is 51.5 Å². The molecule has 0 bridgehead atoms. The molecule has 5 atom stereocenters. The van der Waals surface area contributed by atoms with E-state index >= 15 is 0 Å². The molecule has 1 saturated carbocycles. The van der Waals surface area contributed by atoms with E-state index in [2.05, 4.69) is 0 Å². The number of aliphatic hydroxyl groups is 3. The van der Waals surface area contributed by atoms with Gasteiger partial charge in [0.15, 0.2) is 0 Å². The Balaban J connectivity index is 1.82. The van der Waals surface area contributed by atoms with Crippen LogP contribution in [0.15, 0.2) is 48.6 Å². The van der Waals surface area contributed by atoms with Crippen molar-refractivity contribution in [3.8, 4) is 5.75 Å². The van der Waals surface area contributed by atoms with Gasteiger partial charge in [0, 0.05) is 18.8 Å². The van der Waals surface area contributed by atoms with Crippen LogP contribution in [-0.2, 0) is 15.7 Å². The molecule has 0 saturated heterocycles. The summed E-state index contributed by atoms with van der Waals surface area (Å²) in [4.78, 5) is 11.5. The molecule has 196 valence electrons. The molecule has 1 aliphatic rings. The third kappa shape index (κ3) is 10.0. The first kappa shape index (κ1) is 28.9. The average molecular weight is 501 g/mol. The third-order valence-corrected chi connectivity index (χ3v) is 5.75. The predicted octanol–water partition coefficient (Wildman–Crippen LogP) is 4.43. The second-order valence-electron chi connectivity index (χ2n) is 9.04. The Labute approximate surface area is 204 Å². The van der Waals surface area contributed by atoms with Gasteiger partial charge in [-0.3, -0.25) is 4.79 Å². The van der Waals surface area contributed by atoms with Crippen LogP contribution in [0.5, 0.6) is 5.75 Å². The van der Waals surface area contributed by atoms with E-state index in [-0.39, 0.29) is 42.7 Å². The number of rotatable bonds is 12. The van der Waals surface area contributed by atoms with E-state index in [0.717, 1.165) is 12.1 Å². The lowest BCUT2D eigenvalue weighted by atomic mass is 9.89. The smallest absolute Gasteiger partial charge is 0.416 e. The van der Waals surface area contributed by atoms with E-state index in [1.807, 2.05) is 12.2 Å². The van der Waals surface area contributed by atoms with Gasteiger partial charge in [0.05, 0.1) is 23.9 Å². The Hall–Kier alpha value is -2.36. The van der Waals surface area contributed by atoms with Crippen molar-refractivity contribution < 1.29 is 42.8 Å². The van der Waals surface area contributed by atoms with Gasteiger partial charge in [0.2, 0.25) is 0 Å². The molecule has 3 unspecified atom stereocenters. The van der Waals surface area contributed by atoms with Crippen LogP contribution in [0.4, 0.5) is 13.2 Å². The number of allylic oxidation sites excluding steroid dienone is 2. The first-order valence-electron chi connectivity index (χ1n) is 11.8. The maximum Gasteiger partial charge on any atom is 0.416 e. The second kappa shape index (κ2) is 13.7. The molecule has 1 aromatic carbocycles. The number of halogens is 3. The highest BCUT2D eigenvalue weighted by molar-refractivity contribution is 5.69. The van der Waals surface area contributed by atoms with E-state index in [1.54, 1.807) is 19.9 Å². The molecule has 6 nitrogen and oxygen atoms in total. The highest BCUT2D eigenvalue weighted by Gasteiger charge is 2.39. The van der Waals surface area contributed by atoms with Gasteiger partial charge in [0.1, 0.15) is 18.5 Å². The van der Waals surface area contributed by atoms with Gasteiger partial charge in [-0.05, 0) is 57.2 Å². The van der Waals surface area contributed by atoms with E-state index in [0.29, 0.717) is 25.7 Å². The van der Waals surface area contributed by atoms with E-state index in [9.17, 15) is 33.3 Å². The Morgan fingerprint density at radius 3 is 2.63 bits per heavy atom. The van der Waals surface area contributed by atoms with Gasteiger partial charge < -0.3 is 24.8 Å². The van der Waals surface area contributed by atoms with Crippen molar-refractivity contribution in [3.63, 3.8) is 0 Å². The van der Waals surface area contributed by atoms with Crippen molar-refractivity contribution in [1.82, 2.24) is 0 Å². The number of carbonyl (C=O) groups is 1. The fourth-order valence-corrected chi connectivity index (χ4v) is 4.02. The molecular weight excluding hydrogens is 465 g/mol. The summed E-state index contributed by atoms with van der Waals surface area (Å²) >= 11 is 0. The minimum Gasteiger partial charge on any atom is -0.491 e. The zero-order valence-corrected chi connectivity index (χ0v) is 20.0. The summed E-state index contributed by atoms with van der Waals surface area (Å²) in [5, 5.41) is 30.8. The molecule has 2 rings (SSSR count). The molecule has 0 spiro atoms. The van der Waals surface area contributed by atoms with Crippen molar-refractivity contribution in [2.45, 2.75) is 76.5 Å². The number of hydrogen-bond acceptors (Lipinski definition) is 6. The SMILES string of the molecule is CC(C)OC(=O)CCCC=CC[C@H]1C(O)CC(O)[C@@H]1C=CC(O)COc1cccc(C(F)(F)F)c1. The highest BCUT2D eigenvalue weighted by atomic mass is 19.4. The Morgan fingerprint density at radius 1 is 1.20 bits per heavy atom. The molecular formula is C26H35F3O6. The molecule has 35 heavy (non-hydrogen) atoms. The average Bonchev–Trinajstić information content (AvgIpc) is 3.04. The molecule has 0 aromatic heterocycles. The fourth-order valence-electron chi connectivity index (χ4n) is 4.02. The molecule has 0 radical (unpaired) electrons. The first-order valence-corrected chi connectivity index (χ1v) is 11.8. The number of ether oxygens (including phenoxy) is 2. The maximum absolute atomic E-state index is 12.8. The summed E-state index contributed by atoms with van der Waals surface area (Å²) in [6.07, 6.45) is 2.09. The summed E-state index contributed by atoms with van der Waals surface area (Å²) in [7, 11) is 0. The molecule has 1 aromatic rings. The minimum absolute atomic E-state index is 0.0101. The van der Waals surface area contributed by atoms with Gasteiger partial charge in [-0.2, -0.15) is 13.2 Å². The van der Waals surface area contributed by atoms with E-state index in [4.69, 9.17) is 9.47 Å². The molecule has 0 heterocycles. The zero-order valence-electron chi connectivity index (χ0n) is 20.0. The summed E-state index contributed by atoms with van der Waals surface area (Å²) in [5.74, 6) is -0.883. The maximum atomic E-state index is 12.8. The Morgan fingerprint density at radius 2 is 1.94 bits per heavy atom. The zero-order chi connectivity index (χ0) is 26.0. The van der Waals surface area contributed by atoms with Crippen LogP contribution in [0.2, 0.25) is 0 Å². The van der Waals surface area contributed by atoms with Crippen molar-refractivity contribution in [3.05, 3.63) is 54.1 Å². The molecule has 9 heteroatoms. The topological polar surface area (TPSA) is 96.2 Å². The van der Waals surface area contributed by atoms with Gasteiger partial charge in [0.25, 0.3) is 0 Å². The normalized spacial score (nSPS) is 23.9. The lowest BCUT2D eigenvalue weighted by molar-refractivity contribution is -0.147. The number of unbranched alkanes of at least 4 members (excludes halogenated alkanes) is 1. The van der Waals surface area contributed by atoms with Gasteiger partial charge in [-0.1, -0.05) is 30.4 Å². The van der Waals surface area contributed by atoms with Crippen LogP contribution >= 0.6 is 0 Å². The van der Waals surface area contributed by atoms with Gasteiger partial charge in [-0.25, -0.2) is 0 Å². The number of esters is 1. The van der Waals surface area contributed by atoms with Crippen molar-refractivity contribution >= 4 is 5.97 Å².